The van der Waals surface area contributed by atoms with E-state index in [1.807, 2.05) is 67.6 Å². The van der Waals surface area contributed by atoms with E-state index >= 15 is 0 Å². The minimum Gasteiger partial charge on any atom is -0.326 e. The minimum atomic E-state index is -0.0538. The Hall–Kier alpha value is -3.10. The number of thioether (sulfide) groups is 1. The Kier molecular flexibility index (Phi) is 6.24. The molecule has 0 spiro atoms. The zero-order valence-electron chi connectivity index (χ0n) is 15.0. The fraction of sp³-hybridized carbons (Fsp3) is 0.136. The second-order valence-corrected chi connectivity index (χ2v) is 7.12. The number of para-hydroxylation sites is 1. The molecule has 0 saturated carbocycles. The molecular formula is C22H19N3OS. The van der Waals surface area contributed by atoms with E-state index in [-0.39, 0.29) is 5.91 Å². The van der Waals surface area contributed by atoms with Crippen molar-refractivity contribution in [3.8, 4) is 17.3 Å². The molecule has 0 aliphatic carbocycles. The highest BCUT2D eigenvalue weighted by Gasteiger charge is 2.10. The molecule has 2 aromatic carbocycles. The van der Waals surface area contributed by atoms with Crippen LogP contribution in [0.15, 0.2) is 71.8 Å². The highest BCUT2D eigenvalue weighted by atomic mass is 32.2. The van der Waals surface area contributed by atoms with E-state index in [4.69, 9.17) is 0 Å². The van der Waals surface area contributed by atoms with Gasteiger partial charge in [-0.25, -0.2) is 4.98 Å². The van der Waals surface area contributed by atoms with Crippen molar-refractivity contribution in [3.63, 3.8) is 0 Å². The summed E-state index contributed by atoms with van der Waals surface area (Å²) >= 11 is 1.43. The number of amides is 1. The number of carbonyl (C=O) groups is 1. The van der Waals surface area contributed by atoms with Crippen molar-refractivity contribution in [2.45, 2.75) is 18.4 Å². The van der Waals surface area contributed by atoms with E-state index in [1.165, 1.54) is 17.3 Å². The average molecular weight is 373 g/mol. The van der Waals surface area contributed by atoms with Gasteiger partial charge < -0.3 is 5.32 Å². The van der Waals surface area contributed by atoms with Gasteiger partial charge in [0.1, 0.15) is 11.1 Å². The summed E-state index contributed by atoms with van der Waals surface area (Å²) in [5.41, 5.74) is 4.33. The number of nitrogens with one attached hydrogen (secondary N) is 1. The molecule has 0 unspecified atom stereocenters. The van der Waals surface area contributed by atoms with Gasteiger partial charge in [-0.15, -0.1) is 11.8 Å². The van der Waals surface area contributed by atoms with Crippen molar-refractivity contribution in [2.24, 2.45) is 0 Å². The number of carbonyl (C=O) groups excluding carboxylic acids is 1. The summed E-state index contributed by atoms with van der Waals surface area (Å²) in [6, 6.07) is 23.3. The molecule has 0 aliphatic rings. The molecule has 134 valence electrons. The number of rotatable bonds is 6. The maximum absolute atomic E-state index is 12.1. The van der Waals surface area contributed by atoms with Crippen LogP contribution in [0.4, 0.5) is 5.69 Å². The van der Waals surface area contributed by atoms with Gasteiger partial charge in [-0.3, -0.25) is 4.79 Å². The molecule has 5 heteroatoms. The molecule has 0 radical (unpaired) electrons. The molecule has 1 amide bonds. The van der Waals surface area contributed by atoms with Crippen molar-refractivity contribution in [1.82, 2.24) is 4.98 Å². The van der Waals surface area contributed by atoms with Gasteiger partial charge in [0.05, 0.1) is 11.3 Å². The summed E-state index contributed by atoms with van der Waals surface area (Å²) in [4.78, 5) is 16.7. The molecule has 0 aliphatic heterocycles. The van der Waals surface area contributed by atoms with E-state index in [9.17, 15) is 10.1 Å². The van der Waals surface area contributed by atoms with Gasteiger partial charge in [-0.1, -0.05) is 48.0 Å². The lowest BCUT2D eigenvalue weighted by atomic mass is 10.1. The molecule has 3 aromatic rings. The van der Waals surface area contributed by atoms with E-state index in [0.717, 1.165) is 16.9 Å². The van der Waals surface area contributed by atoms with Crippen LogP contribution in [0.5, 0.6) is 0 Å². The molecule has 27 heavy (non-hydrogen) atoms. The second-order valence-electron chi connectivity index (χ2n) is 6.04. The molecule has 0 bridgehead atoms. The van der Waals surface area contributed by atoms with Crippen LogP contribution in [-0.4, -0.2) is 16.6 Å². The molecule has 0 atom stereocenters. The first-order valence-corrected chi connectivity index (χ1v) is 9.60. The maximum Gasteiger partial charge on any atom is 0.225 e. The first-order valence-electron chi connectivity index (χ1n) is 8.61. The molecule has 3 rings (SSSR count). The van der Waals surface area contributed by atoms with Gasteiger partial charge in [0.25, 0.3) is 0 Å². The Labute approximate surface area is 163 Å². The van der Waals surface area contributed by atoms with E-state index in [1.54, 1.807) is 6.07 Å². The van der Waals surface area contributed by atoms with Gasteiger partial charge in [0.2, 0.25) is 5.91 Å². The molecule has 1 heterocycles. The van der Waals surface area contributed by atoms with Crippen LogP contribution in [0.2, 0.25) is 0 Å². The molecular weight excluding hydrogens is 354 g/mol. The van der Waals surface area contributed by atoms with Crippen molar-refractivity contribution in [1.29, 1.82) is 5.26 Å². The zero-order valence-corrected chi connectivity index (χ0v) is 15.8. The average Bonchev–Trinajstić information content (AvgIpc) is 2.69. The summed E-state index contributed by atoms with van der Waals surface area (Å²) in [6.45, 7) is 2.04. The van der Waals surface area contributed by atoms with Crippen LogP contribution in [0, 0.1) is 18.3 Å². The molecule has 4 nitrogen and oxygen atoms in total. The summed E-state index contributed by atoms with van der Waals surface area (Å²) in [5, 5.41) is 12.9. The third-order valence-corrected chi connectivity index (χ3v) is 4.95. The molecule has 0 saturated heterocycles. The third-order valence-electron chi connectivity index (χ3n) is 3.95. The lowest BCUT2D eigenvalue weighted by Gasteiger charge is -2.08. The van der Waals surface area contributed by atoms with Crippen molar-refractivity contribution >= 4 is 23.4 Å². The normalized spacial score (nSPS) is 10.2. The maximum atomic E-state index is 12.1. The third kappa shape index (κ3) is 5.19. The Morgan fingerprint density at radius 2 is 1.81 bits per heavy atom. The number of hydrogen-bond donors (Lipinski definition) is 1. The standard InChI is InChI=1S/C22H19N3OS/c1-16-7-9-17(10-8-16)20-12-11-18(15-23)22(25-20)27-14-13-21(26)24-19-5-3-2-4-6-19/h2-12H,13-14H2,1H3,(H,24,26). The number of benzene rings is 2. The number of pyridine rings is 1. The molecule has 1 N–H and O–H groups in total. The summed E-state index contributed by atoms with van der Waals surface area (Å²) in [6.07, 6.45) is 0.348. The zero-order chi connectivity index (χ0) is 19.1. The quantitative estimate of drug-likeness (QED) is 0.614. The Morgan fingerprint density at radius 3 is 2.52 bits per heavy atom. The second kappa shape index (κ2) is 9.02. The largest absolute Gasteiger partial charge is 0.326 e. The fourth-order valence-electron chi connectivity index (χ4n) is 2.51. The van der Waals surface area contributed by atoms with Gasteiger partial charge >= 0.3 is 0 Å². The lowest BCUT2D eigenvalue weighted by Crippen LogP contribution is -2.12. The number of aromatic nitrogens is 1. The topological polar surface area (TPSA) is 65.8 Å². The van der Waals surface area contributed by atoms with Crippen LogP contribution < -0.4 is 5.32 Å². The number of hydrogen-bond acceptors (Lipinski definition) is 4. The van der Waals surface area contributed by atoms with Crippen molar-refractivity contribution in [2.75, 3.05) is 11.1 Å². The lowest BCUT2D eigenvalue weighted by molar-refractivity contribution is -0.115. The summed E-state index contributed by atoms with van der Waals surface area (Å²) < 4.78 is 0. The predicted octanol–water partition coefficient (Wildman–Crippen LogP) is 5.05. The minimum absolute atomic E-state index is 0.0538. The monoisotopic (exact) mass is 373 g/mol. The van der Waals surface area contributed by atoms with Crippen LogP contribution >= 0.6 is 11.8 Å². The molecule has 1 aromatic heterocycles. The number of aryl methyl sites for hydroxylation is 1. The van der Waals surface area contributed by atoms with E-state index in [2.05, 4.69) is 16.4 Å². The smallest absolute Gasteiger partial charge is 0.225 e. The van der Waals surface area contributed by atoms with E-state index < -0.39 is 0 Å². The number of anilines is 1. The SMILES string of the molecule is Cc1ccc(-c2ccc(C#N)c(SCCC(=O)Nc3ccccc3)n2)cc1. The van der Waals surface area contributed by atoms with Crippen LogP contribution in [0.25, 0.3) is 11.3 Å². The highest BCUT2D eigenvalue weighted by molar-refractivity contribution is 7.99. The number of nitrogens with zero attached hydrogens (tertiary/aromatic N) is 2. The number of nitriles is 1. The van der Waals surface area contributed by atoms with Gasteiger partial charge in [0, 0.05) is 23.4 Å². The van der Waals surface area contributed by atoms with E-state index in [0.29, 0.717) is 22.8 Å². The predicted molar refractivity (Wildman–Crippen MR) is 110 cm³/mol. The Balaban J connectivity index is 1.65. The summed E-state index contributed by atoms with van der Waals surface area (Å²) in [5.74, 6) is 0.499. The first-order chi connectivity index (χ1) is 13.2. The highest BCUT2D eigenvalue weighted by Crippen LogP contribution is 2.26. The van der Waals surface area contributed by atoms with Crippen LogP contribution in [0.1, 0.15) is 17.5 Å². The van der Waals surface area contributed by atoms with Gasteiger partial charge in [-0.2, -0.15) is 5.26 Å². The van der Waals surface area contributed by atoms with Crippen LogP contribution in [-0.2, 0) is 4.79 Å². The van der Waals surface area contributed by atoms with Crippen LogP contribution in [0.3, 0.4) is 0 Å². The van der Waals surface area contributed by atoms with Gasteiger partial charge in [-0.05, 0) is 31.2 Å². The van der Waals surface area contributed by atoms with Crippen molar-refractivity contribution in [3.05, 3.63) is 77.9 Å². The van der Waals surface area contributed by atoms with Gasteiger partial charge in [0.15, 0.2) is 0 Å². The fourth-order valence-corrected chi connectivity index (χ4v) is 3.42. The Bertz CT molecular complexity index is 963. The van der Waals surface area contributed by atoms with Crippen molar-refractivity contribution < 1.29 is 4.79 Å². The summed E-state index contributed by atoms with van der Waals surface area (Å²) in [7, 11) is 0. The first kappa shape index (κ1) is 18.7. The molecule has 0 fully saturated rings. The Morgan fingerprint density at radius 1 is 1.07 bits per heavy atom.